The van der Waals surface area contributed by atoms with Gasteiger partial charge in [-0.2, -0.15) is 0 Å². The highest BCUT2D eigenvalue weighted by molar-refractivity contribution is 5.85. The average Bonchev–Trinajstić information content (AvgIpc) is 2.11. The number of nitrogens with one attached hydrogen (secondary N) is 1. The Labute approximate surface area is 99.1 Å². The lowest BCUT2D eigenvalue weighted by molar-refractivity contribution is 0.0769. The first-order valence-electron chi connectivity index (χ1n) is 4.64. The van der Waals surface area contributed by atoms with Crippen LogP contribution in [0, 0.1) is 0 Å². The largest absolute Gasteiger partial charge is 0.390 e. The van der Waals surface area contributed by atoms with E-state index in [2.05, 4.69) is 31.0 Å². The minimum Gasteiger partial charge on any atom is -0.390 e. The Morgan fingerprint density at radius 2 is 1.86 bits per heavy atom. The maximum Gasteiger partial charge on any atom is 0.0791 e. The number of aliphatic hydroxyl groups is 1. The first kappa shape index (κ1) is 16.9. The Morgan fingerprint density at radius 3 is 2.36 bits per heavy atom. The first-order valence-corrected chi connectivity index (χ1v) is 4.64. The standard InChI is InChI=1S/C9H20N2O.2ClH/c1-9(2,3)11-5-4-10-6-8(12)7-11;;/h8,10,12H,4-7H2,1-3H3;2*1H/t8-;;/m0../s1. The third-order valence-corrected chi connectivity index (χ3v) is 2.32. The molecule has 0 saturated carbocycles. The van der Waals surface area contributed by atoms with Gasteiger partial charge in [0.05, 0.1) is 6.10 Å². The molecule has 1 atom stereocenters. The summed E-state index contributed by atoms with van der Waals surface area (Å²) in [5.41, 5.74) is 0.174. The summed E-state index contributed by atoms with van der Waals surface area (Å²) in [6.45, 7) is 10.1. The lowest BCUT2D eigenvalue weighted by atomic mass is 10.1. The fourth-order valence-corrected chi connectivity index (χ4v) is 1.50. The van der Waals surface area contributed by atoms with Crippen molar-refractivity contribution in [1.82, 2.24) is 10.2 Å². The molecule has 0 radical (unpaired) electrons. The molecule has 3 nitrogen and oxygen atoms in total. The molecule has 0 aliphatic carbocycles. The van der Waals surface area contributed by atoms with Gasteiger partial charge in [-0.1, -0.05) is 0 Å². The molecule has 0 spiro atoms. The quantitative estimate of drug-likeness (QED) is 0.665. The summed E-state index contributed by atoms with van der Waals surface area (Å²) < 4.78 is 0. The van der Waals surface area contributed by atoms with Crippen molar-refractivity contribution < 1.29 is 5.11 Å². The molecular weight excluding hydrogens is 223 g/mol. The molecule has 0 bridgehead atoms. The van der Waals surface area contributed by atoms with Crippen molar-refractivity contribution in [2.24, 2.45) is 0 Å². The van der Waals surface area contributed by atoms with Crippen LogP contribution in [-0.4, -0.2) is 47.8 Å². The molecule has 1 fully saturated rings. The molecule has 0 aromatic heterocycles. The summed E-state index contributed by atoms with van der Waals surface area (Å²) in [6.07, 6.45) is -0.216. The molecular formula is C9H22Cl2N2O. The van der Waals surface area contributed by atoms with Gasteiger partial charge < -0.3 is 10.4 Å². The molecule has 0 aromatic carbocycles. The van der Waals surface area contributed by atoms with Crippen LogP contribution in [-0.2, 0) is 0 Å². The summed E-state index contributed by atoms with van der Waals surface area (Å²) in [6, 6.07) is 0. The Morgan fingerprint density at radius 1 is 1.29 bits per heavy atom. The minimum atomic E-state index is -0.216. The Hall–Kier alpha value is 0.460. The van der Waals surface area contributed by atoms with Crippen LogP contribution in [0.1, 0.15) is 20.8 Å². The fraction of sp³-hybridized carbons (Fsp3) is 1.00. The topological polar surface area (TPSA) is 35.5 Å². The van der Waals surface area contributed by atoms with Crippen molar-refractivity contribution in [3.8, 4) is 0 Å². The number of aliphatic hydroxyl groups excluding tert-OH is 1. The van der Waals surface area contributed by atoms with E-state index in [0.717, 1.165) is 26.2 Å². The van der Waals surface area contributed by atoms with E-state index in [1.807, 2.05) is 0 Å². The molecule has 1 aliphatic rings. The van der Waals surface area contributed by atoms with Crippen molar-refractivity contribution in [3.05, 3.63) is 0 Å². The van der Waals surface area contributed by atoms with Gasteiger partial charge in [0.25, 0.3) is 0 Å². The molecule has 1 saturated heterocycles. The zero-order valence-corrected chi connectivity index (χ0v) is 10.7. The molecule has 14 heavy (non-hydrogen) atoms. The number of nitrogens with zero attached hydrogens (tertiary/aromatic N) is 1. The summed E-state index contributed by atoms with van der Waals surface area (Å²) >= 11 is 0. The van der Waals surface area contributed by atoms with Gasteiger partial charge in [0.2, 0.25) is 0 Å². The normalized spacial score (nSPS) is 24.4. The van der Waals surface area contributed by atoms with E-state index in [4.69, 9.17) is 0 Å². The van der Waals surface area contributed by atoms with Gasteiger partial charge in [-0.05, 0) is 20.8 Å². The molecule has 0 aromatic rings. The van der Waals surface area contributed by atoms with E-state index in [9.17, 15) is 5.11 Å². The van der Waals surface area contributed by atoms with Crippen LogP contribution in [0.2, 0.25) is 0 Å². The van der Waals surface area contributed by atoms with E-state index >= 15 is 0 Å². The highest BCUT2D eigenvalue weighted by Gasteiger charge is 2.24. The lowest BCUT2D eigenvalue weighted by Gasteiger charge is -2.35. The Bertz CT molecular complexity index is 150. The van der Waals surface area contributed by atoms with E-state index in [1.54, 1.807) is 0 Å². The molecule has 1 aliphatic heterocycles. The third-order valence-electron chi connectivity index (χ3n) is 2.32. The molecule has 0 unspecified atom stereocenters. The van der Waals surface area contributed by atoms with Crippen molar-refractivity contribution in [1.29, 1.82) is 0 Å². The lowest BCUT2D eigenvalue weighted by Crippen LogP contribution is -2.45. The van der Waals surface area contributed by atoms with Crippen molar-refractivity contribution >= 4 is 24.8 Å². The SMILES string of the molecule is CC(C)(C)N1CCNC[C@H](O)C1.Cl.Cl. The van der Waals surface area contributed by atoms with Crippen LogP contribution in [0.25, 0.3) is 0 Å². The highest BCUT2D eigenvalue weighted by atomic mass is 35.5. The predicted octanol–water partition coefficient (Wildman–Crippen LogP) is 0.895. The number of rotatable bonds is 0. The monoisotopic (exact) mass is 244 g/mol. The molecule has 5 heteroatoms. The van der Waals surface area contributed by atoms with E-state index < -0.39 is 0 Å². The molecule has 2 N–H and O–H groups in total. The van der Waals surface area contributed by atoms with Crippen molar-refractivity contribution in [3.63, 3.8) is 0 Å². The maximum absolute atomic E-state index is 9.52. The summed E-state index contributed by atoms with van der Waals surface area (Å²) in [4.78, 5) is 2.32. The second-order valence-corrected chi connectivity index (χ2v) is 4.47. The van der Waals surface area contributed by atoms with Crippen LogP contribution < -0.4 is 5.32 Å². The third kappa shape index (κ3) is 5.37. The van der Waals surface area contributed by atoms with Gasteiger partial charge in [-0.15, -0.1) is 24.8 Å². The van der Waals surface area contributed by atoms with E-state index in [-0.39, 0.29) is 36.5 Å². The van der Waals surface area contributed by atoms with E-state index in [0.29, 0.717) is 0 Å². The van der Waals surface area contributed by atoms with Gasteiger partial charge in [-0.3, -0.25) is 4.90 Å². The van der Waals surface area contributed by atoms with Crippen molar-refractivity contribution in [2.75, 3.05) is 26.2 Å². The molecule has 0 amide bonds. The second-order valence-electron chi connectivity index (χ2n) is 4.47. The zero-order chi connectivity index (χ0) is 9.19. The Balaban J connectivity index is 0. The number of halogens is 2. The van der Waals surface area contributed by atoms with Gasteiger partial charge in [0.1, 0.15) is 0 Å². The van der Waals surface area contributed by atoms with Gasteiger partial charge in [-0.25, -0.2) is 0 Å². The van der Waals surface area contributed by atoms with Crippen molar-refractivity contribution in [2.45, 2.75) is 32.4 Å². The summed E-state index contributed by atoms with van der Waals surface area (Å²) in [5.74, 6) is 0. The maximum atomic E-state index is 9.52. The van der Waals surface area contributed by atoms with Crippen LogP contribution in [0.5, 0.6) is 0 Å². The fourth-order valence-electron chi connectivity index (χ4n) is 1.50. The number of hydrogen-bond acceptors (Lipinski definition) is 3. The van der Waals surface area contributed by atoms with Crippen LogP contribution in [0.4, 0.5) is 0 Å². The first-order chi connectivity index (χ1) is 5.50. The predicted molar refractivity (Wildman–Crippen MR) is 64.7 cm³/mol. The second kappa shape index (κ2) is 6.85. The smallest absolute Gasteiger partial charge is 0.0791 e. The van der Waals surface area contributed by atoms with Gasteiger partial charge in [0, 0.05) is 31.7 Å². The van der Waals surface area contributed by atoms with Crippen LogP contribution in [0.3, 0.4) is 0 Å². The Kier molecular flexibility index (Phi) is 8.26. The van der Waals surface area contributed by atoms with Gasteiger partial charge >= 0.3 is 0 Å². The molecule has 1 rings (SSSR count). The number of hydrogen-bond donors (Lipinski definition) is 2. The van der Waals surface area contributed by atoms with Crippen LogP contribution >= 0.6 is 24.8 Å². The van der Waals surface area contributed by atoms with Gasteiger partial charge in [0.15, 0.2) is 0 Å². The molecule has 1 heterocycles. The zero-order valence-electron chi connectivity index (χ0n) is 9.12. The minimum absolute atomic E-state index is 0. The summed E-state index contributed by atoms with van der Waals surface area (Å²) in [5, 5.41) is 12.7. The van der Waals surface area contributed by atoms with Crippen LogP contribution in [0.15, 0.2) is 0 Å². The van der Waals surface area contributed by atoms with E-state index in [1.165, 1.54) is 0 Å². The molecule has 88 valence electrons. The average molecular weight is 245 g/mol. The summed E-state index contributed by atoms with van der Waals surface area (Å²) in [7, 11) is 0. The number of β-amino-alcohol motifs (C(OH)–C–C–N with tert-alkyl or cyclic N) is 1. The highest BCUT2D eigenvalue weighted by Crippen LogP contribution is 2.13.